The molecule has 2 rings (SSSR count). The van der Waals surface area contributed by atoms with Crippen LogP contribution in [-0.2, 0) is 20.9 Å². The molecule has 1 saturated heterocycles. The Labute approximate surface area is 174 Å². The lowest BCUT2D eigenvalue weighted by molar-refractivity contribution is -0.124. The molecule has 0 aromatic heterocycles. The first-order valence-electron chi connectivity index (χ1n) is 10.4. The molecule has 1 heterocycles. The monoisotopic (exact) mass is 419 g/mol. The number of piperidine rings is 1. The van der Waals surface area contributed by atoms with E-state index in [9.17, 15) is 14.4 Å². The van der Waals surface area contributed by atoms with E-state index in [0.717, 1.165) is 23.7 Å². The fourth-order valence-corrected chi connectivity index (χ4v) is 9.78. The first-order valence-corrected chi connectivity index (χ1v) is 13.0. The zero-order valence-electron chi connectivity index (χ0n) is 18.2. The normalized spacial score (nSPS) is 19.8. The molecule has 0 aliphatic carbocycles. The van der Waals surface area contributed by atoms with Crippen molar-refractivity contribution in [1.82, 2.24) is 4.90 Å². The minimum Gasteiger partial charge on any atom is -0.465 e. The van der Waals surface area contributed by atoms with Gasteiger partial charge in [-0.3, -0.25) is 4.79 Å². The number of carbonyl (C=O) groups excluding carboxylic acids is 3. The summed E-state index contributed by atoms with van der Waals surface area (Å²) in [6.45, 7) is 9.62. The Bertz CT molecular complexity index is 736. The molecule has 160 valence electrons. The van der Waals surface area contributed by atoms with Crippen LogP contribution in [0.15, 0.2) is 24.3 Å². The van der Waals surface area contributed by atoms with Crippen LogP contribution in [0.25, 0.3) is 0 Å². The largest absolute Gasteiger partial charge is 0.465 e. The van der Waals surface area contributed by atoms with E-state index in [4.69, 9.17) is 4.74 Å². The summed E-state index contributed by atoms with van der Waals surface area (Å²) in [5.74, 6) is -0.0987. The van der Waals surface area contributed by atoms with Crippen molar-refractivity contribution < 1.29 is 23.9 Å². The zero-order chi connectivity index (χ0) is 21.7. The maximum atomic E-state index is 12.9. The number of ether oxygens (including phenoxy) is 2. The summed E-state index contributed by atoms with van der Waals surface area (Å²) in [5.41, 5.74) is 1.24. The third kappa shape index (κ3) is 4.55. The van der Waals surface area contributed by atoms with Gasteiger partial charge < -0.3 is 14.4 Å². The van der Waals surface area contributed by atoms with Crippen molar-refractivity contribution in [2.24, 2.45) is 0 Å². The minimum atomic E-state index is -1.84. The second-order valence-electron chi connectivity index (χ2n) is 8.01. The summed E-state index contributed by atoms with van der Waals surface area (Å²) in [5, 5.41) is -0.426. The Balaban J connectivity index is 2.06. The number of ketones is 1. The number of hydrogen-bond donors (Lipinski definition) is 0. The molecular weight excluding hydrogens is 386 g/mol. The second-order valence-corrected chi connectivity index (χ2v) is 13.8. The van der Waals surface area contributed by atoms with Crippen molar-refractivity contribution >= 4 is 25.9 Å². The van der Waals surface area contributed by atoms with Gasteiger partial charge in [-0.25, -0.2) is 9.59 Å². The van der Waals surface area contributed by atoms with Crippen LogP contribution in [-0.4, -0.2) is 51.0 Å². The number of esters is 1. The summed E-state index contributed by atoms with van der Waals surface area (Å²) in [4.78, 5) is 38.8. The van der Waals surface area contributed by atoms with E-state index in [1.54, 1.807) is 29.2 Å². The van der Waals surface area contributed by atoms with Gasteiger partial charge in [0.2, 0.25) is 0 Å². The van der Waals surface area contributed by atoms with Crippen LogP contribution in [0.1, 0.15) is 50.0 Å². The van der Waals surface area contributed by atoms with E-state index in [1.807, 2.05) is 0 Å². The fourth-order valence-electron chi connectivity index (χ4n) is 4.69. The predicted octanol–water partition coefficient (Wildman–Crippen LogP) is 4.65. The van der Waals surface area contributed by atoms with E-state index in [1.165, 1.54) is 7.11 Å². The van der Waals surface area contributed by atoms with Gasteiger partial charge in [0.05, 0.1) is 20.7 Å². The second kappa shape index (κ2) is 9.56. The fraction of sp³-hybridized carbons (Fsp3) is 0.591. The zero-order valence-corrected chi connectivity index (χ0v) is 19.2. The van der Waals surface area contributed by atoms with E-state index in [2.05, 4.69) is 32.4 Å². The van der Waals surface area contributed by atoms with Crippen molar-refractivity contribution in [3.63, 3.8) is 0 Å². The molecule has 0 saturated carbocycles. The number of hydrogen-bond acceptors (Lipinski definition) is 5. The molecule has 6 nitrogen and oxygen atoms in total. The van der Waals surface area contributed by atoms with E-state index >= 15 is 0 Å². The number of benzene rings is 1. The molecule has 1 aliphatic heterocycles. The van der Waals surface area contributed by atoms with Crippen LogP contribution < -0.4 is 0 Å². The highest BCUT2D eigenvalue weighted by Gasteiger charge is 2.54. The molecule has 1 amide bonds. The lowest BCUT2D eigenvalue weighted by Crippen LogP contribution is -2.58. The standard InChI is InChI=1S/C22H33NO5Si/c1-6-29(7-2,8-3)22(4)16-23(14-13-19(22)24)21(26)28-15-17-9-11-18(12-10-17)20(25)27-5/h9-12H,6-8,13-16H2,1-5H3. The summed E-state index contributed by atoms with van der Waals surface area (Å²) in [6, 6.07) is 9.90. The molecule has 1 aromatic carbocycles. The highest BCUT2D eigenvalue weighted by molar-refractivity contribution is 6.85. The maximum Gasteiger partial charge on any atom is 0.410 e. The third-order valence-electron chi connectivity index (χ3n) is 6.93. The summed E-state index contributed by atoms with van der Waals surface area (Å²) < 4.78 is 10.2. The van der Waals surface area contributed by atoms with E-state index < -0.39 is 19.1 Å². The Kier molecular flexibility index (Phi) is 7.63. The number of carbonyl (C=O) groups is 3. The predicted molar refractivity (Wildman–Crippen MR) is 115 cm³/mol. The minimum absolute atomic E-state index is 0.124. The average molecular weight is 420 g/mol. The topological polar surface area (TPSA) is 72.9 Å². The molecule has 0 N–H and O–H groups in total. The van der Waals surface area contributed by atoms with Crippen molar-refractivity contribution in [3.05, 3.63) is 35.4 Å². The van der Waals surface area contributed by atoms with Crippen molar-refractivity contribution in [2.45, 2.75) is 63.9 Å². The average Bonchev–Trinajstić information content (AvgIpc) is 2.75. The van der Waals surface area contributed by atoms with E-state index in [-0.39, 0.29) is 12.7 Å². The van der Waals surface area contributed by atoms with Gasteiger partial charge in [0.25, 0.3) is 0 Å². The number of amides is 1. The van der Waals surface area contributed by atoms with Gasteiger partial charge in [-0.2, -0.15) is 0 Å². The number of likely N-dealkylation sites (tertiary alicyclic amines) is 1. The van der Waals surface area contributed by atoms with Crippen molar-refractivity contribution in [1.29, 1.82) is 0 Å². The lowest BCUT2D eigenvalue weighted by Gasteiger charge is -2.50. The summed E-state index contributed by atoms with van der Waals surface area (Å²) in [7, 11) is -0.506. The third-order valence-corrected chi connectivity index (χ3v) is 13.8. The van der Waals surface area contributed by atoms with Gasteiger partial charge in [0.1, 0.15) is 12.4 Å². The van der Waals surface area contributed by atoms with Crippen molar-refractivity contribution in [2.75, 3.05) is 20.2 Å². The Morgan fingerprint density at radius 1 is 1.10 bits per heavy atom. The number of Topliss-reactive ketones (excluding diaryl/α,β-unsaturated/α-hetero) is 1. The number of rotatable bonds is 7. The van der Waals surface area contributed by atoms with Crippen LogP contribution in [0.5, 0.6) is 0 Å². The van der Waals surface area contributed by atoms with Gasteiger partial charge in [-0.1, -0.05) is 58.0 Å². The SMILES string of the molecule is CC[Si](CC)(CC)C1(C)CN(C(=O)OCc2ccc(C(=O)OC)cc2)CCC1=O. The van der Waals surface area contributed by atoms with Gasteiger partial charge >= 0.3 is 12.1 Å². The quantitative estimate of drug-likeness (QED) is 0.475. The van der Waals surface area contributed by atoms with Crippen LogP contribution in [0, 0.1) is 0 Å². The van der Waals surface area contributed by atoms with Gasteiger partial charge in [-0.05, 0) is 17.7 Å². The molecular formula is C22H33NO5Si. The molecule has 0 radical (unpaired) electrons. The van der Waals surface area contributed by atoms with Crippen LogP contribution in [0.4, 0.5) is 4.79 Å². The Morgan fingerprint density at radius 3 is 2.21 bits per heavy atom. The number of nitrogens with zero attached hydrogens (tertiary/aromatic N) is 1. The Morgan fingerprint density at radius 2 is 1.69 bits per heavy atom. The molecule has 0 spiro atoms. The first kappa shape index (κ1) is 23.1. The summed E-state index contributed by atoms with van der Waals surface area (Å²) >= 11 is 0. The van der Waals surface area contributed by atoms with Crippen LogP contribution in [0.2, 0.25) is 23.2 Å². The smallest absolute Gasteiger partial charge is 0.410 e. The van der Waals surface area contributed by atoms with Gasteiger partial charge in [0.15, 0.2) is 0 Å². The lowest BCUT2D eigenvalue weighted by atomic mass is 9.97. The highest BCUT2D eigenvalue weighted by atomic mass is 28.3. The molecule has 29 heavy (non-hydrogen) atoms. The first-order chi connectivity index (χ1) is 13.8. The molecule has 1 aromatic rings. The van der Waals surface area contributed by atoms with Crippen molar-refractivity contribution in [3.8, 4) is 0 Å². The Hall–Kier alpha value is -2.15. The molecule has 1 aliphatic rings. The number of methoxy groups -OCH3 is 1. The van der Waals surface area contributed by atoms with Crippen LogP contribution in [0.3, 0.4) is 0 Å². The molecule has 7 heteroatoms. The van der Waals surface area contributed by atoms with Crippen LogP contribution >= 0.6 is 0 Å². The maximum absolute atomic E-state index is 12.9. The van der Waals surface area contributed by atoms with Gasteiger partial charge in [-0.15, -0.1) is 0 Å². The molecule has 1 atom stereocenters. The van der Waals surface area contributed by atoms with Gasteiger partial charge in [0, 0.05) is 24.5 Å². The molecule has 1 unspecified atom stereocenters. The summed E-state index contributed by atoms with van der Waals surface area (Å²) in [6.07, 6.45) is 0.0146. The van der Waals surface area contributed by atoms with E-state index in [0.29, 0.717) is 30.9 Å². The molecule has 0 bridgehead atoms. The highest BCUT2D eigenvalue weighted by Crippen LogP contribution is 2.48. The molecule has 1 fully saturated rings.